The first kappa shape index (κ1) is 27.3. The molecule has 174 valence electrons. The average Bonchev–Trinajstić information content (AvgIpc) is 3.22. The van der Waals surface area contributed by atoms with Crippen LogP contribution in [0.2, 0.25) is 5.02 Å². The van der Waals surface area contributed by atoms with E-state index >= 15 is 0 Å². The summed E-state index contributed by atoms with van der Waals surface area (Å²) >= 11 is 9.41. The number of hydrogen-bond donors (Lipinski definition) is 4. The van der Waals surface area contributed by atoms with E-state index in [0.717, 1.165) is 12.7 Å². The summed E-state index contributed by atoms with van der Waals surface area (Å²) in [6.07, 6.45) is 4.67. The normalized spacial score (nSPS) is 9.62. The van der Waals surface area contributed by atoms with Gasteiger partial charge in [-0.25, -0.2) is 9.37 Å². The number of anilines is 3. The first-order valence-corrected chi connectivity index (χ1v) is 10.8. The van der Waals surface area contributed by atoms with E-state index < -0.39 is 0 Å². The third-order valence-corrected chi connectivity index (χ3v) is 4.33. The van der Waals surface area contributed by atoms with Crippen molar-refractivity contribution in [3.05, 3.63) is 57.7 Å². The summed E-state index contributed by atoms with van der Waals surface area (Å²) in [4.78, 5) is 19.8. The van der Waals surface area contributed by atoms with Crippen LogP contribution in [0.4, 0.5) is 21.8 Å². The molecule has 0 bridgehead atoms. The Morgan fingerprint density at radius 3 is 2.62 bits per heavy atom. The number of aliphatic hydroxyl groups is 1. The number of benzene rings is 1. The van der Waals surface area contributed by atoms with Gasteiger partial charge in [-0.2, -0.15) is 10.1 Å². The molecule has 0 aliphatic carbocycles. The molecular formula is C20H26BrClFN7O2. The zero-order chi connectivity index (χ0) is 24.1. The predicted octanol–water partition coefficient (Wildman–Crippen LogP) is 3.96. The molecule has 4 N–H and O–H groups in total. The van der Waals surface area contributed by atoms with E-state index in [1.807, 2.05) is 13.8 Å². The maximum atomic E-state index is 13.5. The van der Waals surface area contributed by atoms with E-state index in [9.17, 15) is 9.18 Å². The molecule has 2 aromatic heterocycles. The first-order valence-electron chi connectivity index (χ1n) is 9.59. The number of hydrogen-bond acceptors (Lipinski definition) is 7. The lowest BCUT2D eigenvalue weighted by molar-refractivity contribution is -0.121. The Morgan fingerprint density at radius 2 is 1.97 bits per heavy atom. The van der Waals surface area contributed by atoms with Crippen LogP contribution in [-0.2, 0) is 17.9 Å². The van der Waals surface area contributed by atoms with Crippen LogP contribution in [0.25, 0.3) is 0 Å². The van der Waals surface area contributed by atoms with Gasteiger partial charge in [-0.05, 0) is 23.8 Å². The number of carbonyl (C=O) groups excluding carboxylic acids is 1. The summed E-state index contributed by atoms with van der Waals surface area (Å²) < 4.78 is 15.6. The number of nitrogens with one attached hydrogen (secondary N) is 3. The van der Waals surface area contributed by atoms with Crippen molar-refractivity contribution < 1.29 is 14.3 Å². The fourth-order valence-corrected chi connectivity index (χ4v) is 2.99. The Bertz CT molecular complexity index is 984. The second-order valence-electron chi connectivity index (χ2n) is 5.75. The van der Waals surface area contributed by atoms with E-state index in [1.54, 1.807) is 25.5 Å². The molecule has 0 radical (unpaired) electrons. The number of aromatic nitrogens is 4. The molecule has 3 rings (SSSR count). The molecule has 9 nitrogen and oxygen atoms in total. The summed E-state index contributed by atoms with van der Waals surface area (Å²) in [6, 6.07) is 4.60. The molecule has 0 spiro atoms. The van der Waals surface area contributed by atoms with Crippen LogP contribution in [0.5, 0.6) is 0 Å². The largest absolute Gasteiger partial charge is 0.400 e. The molecule has 0 fully saturated rings. The molecule has 0 aliphatic rings. The molecule has 0 atom stereocenters. The highest BCUT2D eigenvalue weighted by atomic mass is 79.9. The Hall–Kier alpha value is -2.76. The van der Waals surface area contributed by atoms with Crippen molar-refractivity contribution in [1.29, 1.82) is 0 Å². The number of carbonyl (C=O) groups is 1. The SMILES string of the molecule is CC.CNC(=O)Cn1cc(Nc2ncc(Cl)c(NCc3cc(F)cc(Br)c3)n2)cn1.CO. The van der Waals surface area contributed by atoms with Crippen molar-refractivity contribution in [2.24, 2.45) is 0 Å². The molecule has 2 heterocycles. The van der Waals surface area contributed by atoms with Gasteiger partial charge in [0.05, 0.1) is 18.1 Å². The van der Waals surface area contributed by atoms with Crippen LogP contribution in [0.3, 0.4) is 0 Å². The van der Waals surface area contributed by atoms with Gasteiger partial charge < -0.3 is 21.1 Å². The van der Waals surface area contributed by atoms with Gasteiger partial charge in [0.2, 0.25) is 11.9 Å². The van der Waals surface area contributed by atoms with Gasteiger partial charge in [-0.15, -0.1) is 0 Å². The Labute approximate surface area is 199 Å². The molecule has 1 amide bonds. The fourth-order valence-electron chi connectivity index (χ4n) is 2.32. The van der Waals surface area contributed by atoms with Gasteiger partial charge in [0.1, 0.15) is 17.4 Å². The number of amides is 1. The van der Waals surface area contributed by atoms with Crippen molar-refractivity contribution in [2.75, 3.05) is 24.8 Å². The third kappa shape index (κ3) is 8.77. The van der Waals surface area contributed by atoms with E-state index in [4.69, 9.17) is 16.7 Å². The third-order valence-electron chi connectivity index (χ3n) is 3.60. The summed E-state index contributed by atoms with van der Waals surface area (Å²) in [5, 5.41) is 20.0. The van der Waals surface area contributed by atoms with Gasteiger partial charge >= 0.3 is 0 Å². The molecule has 3 aromatic rings. The summed E-state index contributed by atoms with van der Waals surface area (Å²) in [5.74, 6) is 0.202. The van der Waals surface area contributed by atoms with Gasteiger partial charge in [0, 0.05) is 31.4 Å². The van der Waals surface area contributed by atoms with Crippen LogP contribution >= 0.6 is 27.5 Å². The van der Waals surface area contributed by atoms with Crippen LogP contribution in [0.1, 0.15) is 19.4 Å². The fraction of sp³-hybridized carbons (Fsp3) is 0.300. The standard InChI is InChI=1S/C17H16BrClFN7O.C2H6.CH4O/c1-21-15(28)9-27-8-13(6-24-27)25-17-23-7-14(19)16(26-17)22-5-10-2-11(18)4-12(20)3-10;2*1-2/h2-4,6-8H,5,9H2,1H3,(H,21,28)(H2,22,23,25,26);1-2H3;2H,1H3. The monoisotopic (exact) mass is 529 g/mol. The average molecular weight is 531 g/mol. The molecule has 12 heteroatoms. The van der Waals surface area contributed by atoms with Crippen LogP contribution in [0, 0.1) is 5.82 Å². The minimum atomic E-state index is -0.337. The zero-order valence-corrected chi connectivity index (χ0v) is 20.5. The van der Waals surface area contributed by atoms with Crippen molar-refractivity contribution in [3.63, 3.8) is 0 Å². The molecule has 0 saturated heterocycles. The second kappa shape index (κ2) is 14.3. The van der Waals surface area contributed by atoms with Gasteiger partial charge in [0.25, 0.3) is 0 Å². The van der Waals surface area contributed by atoms with Crippen LogP contribution in [-0.4, -0.2) is 44.9 Å². The van der Waals surface area contributed by atoms with Gasteiger partial charge in [-0.1, -0.05) is 41.4 Å². The molecule has 32 heavy (non-hydrogen) atoms. The zero-order valence-electron chi connectivity index (χ0n) is 18.2. The van der Waals surface area contributed by atoms with E-state index in [2.05, 4.69) is 46.9 Å². The number of rotatable bonds is 7. The smallest absolute Gasteiger partial charge is 0.241 e. The molecule has 1 aromatic carbocycles. The summed E-state index contributed by atoms with van der Waals surface area (Å²) in [6.45, 7) is 4.44. The molecular weight excluding hydrogens is 505 g/mol. The van der Waals surface area contributed by atoms with Crippen molar-refractivity contribution >= 4 is 50.9 Å². The van der Waals surface area contributed by atoms with Crippen molar-refractivity contribution in [2.45, 2.75) is 26.9 Å². The number of likely N-dealkylation sites (N-methyl/N-ethyl adjacent to an activating group) is 1. The van der Waals surface area contributed by atoms with Crippen molar-refractivity contribution in [1.82, 2.24) is 25.1 Å². The first-order chi connectivity index (χ1) is 15.4. The van der Waals surface area contributed by atoms with Gasteiger partial charge in [-0.3, -0.25) is 9.48 Å². The maximum absolute atomic E-state index is 13.5. The van der Waals surface area contributed by atoms with E-state index in [-0.39, 0.29) is 18.3 Å². The molecule has 0 saturated carbocycles. The van der Waals surface area contributed by atoms with Crippen molar-refractivity contribution in [3.8, 4) is 0 Å². The second-order valence-corrected chi connectivity index (χ2v) is 7.07. The Balaban J connectivity index is 0.00000121. The highest BCUT2D eigenvalue weighted by molar-refractivity contribution is 9.10. The maximum Gasteiger partial charge on any atom is 0.241 e. The highest BCUT2D eigenvalue weighted by Gasteiger charge is 2.09. The lowest BCUT2D eigenvalue weighted by Gasteiger charge is -2.10. The predicted molar refractivity (Wildman–Crippen MR) is 128 cm³/mol. The molecule has 0 aliphatic heterocycles. The molecule has 0 unspecified atom stereocenters. The summed E-state index contributed by atoms with van der Waals surface area (Å²) in [5.41, 5.74) is 1.35. The Kier molecular flexibility index (Phi) is 12.2. The minimum Gasteiger partial charge on any atom is -0.400 e. The van der Waals surface area contributed by atoms with Crippen LogP contribution < -0.4 is 16.0 Å². The lowest BCUT2D eigenvalue weighted by Crippen LogP contribution is -2.23. The number of aliphatic hydroxyl groups excluding tert-OH is 1. The number of nitrogens with zero attached hydrogens (tertiary/aromatic N) is 4. The van der Waals surface area contributed by atoms with E-state index in [1.165, 1.54) is 23.0 Å². The topological polar surface area (TPSA) is 117 Å². The highest BCUT2D eigenvalue weighted by Crippen LogP contribution is 2.23. The number of halogens is 3. The lowest BCUT2D eigenvalue weighted by atomic mass is 10.2. The van der Waals surface area contributed by atoms with Crippen LogP contribution in [0.15, 0.2) is 41.3 Å². The quantitative estimate of drug-likeness (QED) is 0.365. The minimum absolute atomic E-state index is 0.107. The summed E-state index contributed by atoms with van der Waals surface area (Å²) in [7, 11) is 2.56. The van der Waals surface area contributed by atoms with Gasteiger partial charge in [0.15, 0.2) is 5.82 Å². The van der Waals surface area contributed by atoms with E-state index in [0.29, 0.717) is 33.5 Å². The Morgan fingerprint density at radius 1 is 1.25 bits per heavy atom.